The summed E-state index contributed by atoms with van der Waals surface area (Å²) < 4.78 is 0. The van der Waals surface area contributed by atoms with Crippen molar-refractivity contribution in [1.82, 2.24) is 14.8 Å². The predicted molar refractivity (Wildman–Crippen MR) is 121 cm³/mol. The lowest BCUT2D eigenvalue weighted by Gasteiger charge is -2.31. The standard InChI is InChI=1S/C23H30ClN5O2/c1-16-5-4-12-28(16)23(31)29(15-18-13-19(24)8-7-17(18)9-10-25)22(30)21(26)14-20-6-2-3-11-27-20/h2-3,6-8,11,13,16,21H,4-5,9-10,12,14-15,25-26H2,1H3/t16-,21-/m1/s1. The molecule has 0 radical (unpaired) electrons. The number of aromatic nitrogens is 1. The lowest BCUT2D eigenvalue weighted by molar-refractivity contribution is -0.130. The molecule has 0 aliphatic carbocycles. The summed E-state index contributed by atoms with van der Waals surface area (Å²) in [4.78, 5) is 34.1. The molecule has 4 N–H and O–H groups in total. The van der Waals surface area contributed by atoms with Crippen LogP contribution in [0.4, 0.5) is 4.79 Å². The Hall–Kier alpha value is -2.48. The summed E-state index contributed by atoms with van der Waals surface area (Å²) in [6.07, 6.45) is 4.38. The molecule has 2 aromatic rings. The zero-order valence-corrected chi connectivity index (χ0v) is 18.6. The number of pyridine rings is 1. The number of rotatable bonds is 7. The number of likely N-dealkylation sites (tertiary alicyclic amines) is 1. The van der Waals surface area contributed by atoms with Crippen LogP contribution < -0.4 is 11.5 Å². The van der Waals surface area contributed by atoms with Crippen molar-refractivity contribution < 1.29 is 9.59 Å². The maximum atomic E-state index is 13.4. The van der Waals surface area contributed by atoms with Crippen molar-refractivity contribution in [3.63, 3.8) is 0 Å². The van der Waals surface area contributed by atoms with Gasteiger partial charge in [-0.15, -0.1) is 0 Å². The Balaban J connectivity index is 1.88. The first-order chi connectivity index (χ1) is 14.9. The van der Waals surface area contributed by atoms with Crippen molar-refractivity contribution in [2.75, 3.05) is 13.1 Å². The molecule has 1 saturated heterocycles. The van der Waals surface area contributed by atoms with Crippen molar-refractivity contribution in [2.24, 2.45) is 11.5 Å². The predicted octanol–water partition coefficient (Wildman–Crippen LogP) is 2.74. The third kappa shape index (κ3) is 5.81. The van der Waals surface area contributed by atoms with Gasteiger partial charge in [-0.3, -0.25) is 14.7 Å². The molecule has 0 saturated carbocycles. The van der Waals surface area contributed by atoms with Crippen molar-refractivity contribution >= 4 is 23.5 Å². The van der Waals surface area contributed by atoms with E-state index in [1.807, 2.05) is 25.1 Å². The van der Waals surface area contributed by atoms with Crippen LogP contribution in [-0.2, 0) is 24.2 Å². The summed E-state index contributed by atoms with van der Waals surface area (Å²) in [5, 5.41) is 0.544. The first-order valence-electron chi connectivity index (χ1n) is 10.7. The van der Waals surface area contributed by atoms with Crippen LogP contribution in [0.25, 0.3) is 0 Å². The molecule has 2 atom stereocenters. The number of nitrogens with zero attached hydrogens (tertiary/aromatic N) is 3. The maximum Gasteiger partial charge on any atom is 0.327 e. The van der Waals surface area contributed by atoms with Crippen LogP contribution >= 0.6 is 11.6 Å². The number of benzene rings is 1. The number of urea groups is 1. The number of hydrogen-bond acceptors (Lipinski definition) is 5. The Bertz CT molecular complexity index is 908. The van der Waals surface area contributed by atoms with Crippen LogP contribution in [0, 0.1) is 0 Å². The van der Waals surface area contributed by atoms with Crippen LogP contribution in [0.5, 0.6) is 0 Å². The Morgan fingerprint density at radius 2 is 2.10 bits per heavy atom. The van der Waals surface area contributed by atoms with Crippen molar-refractivity contribution in [3.05, 3.63) is 64.4 Å². The topological polar surface area (TPSA) is 106 Å². The van der Waals surface area contributed by atoms with Crippen LogP contribution in [0.3, 0.4) is 0 Å². The number of hydrogen-bond donors (Lipinski definition) is 2. The van der Waals surface area contributed by atoms with Crippen LogP contribution in [-0.4, -0.2) is 51.9 Å². The second kappa shape index (κ2) is 10.7. The Morgan fingerprint density at radius 3 is 2.74 bits per heavy atom. The highest BCUT2D eigenvalue weighted by Gasteiger charge is 2.34. The minimum atomic E-state index is -0.881. The van der Waals surface area contributed by atoms with E-state index < -0.39 is 11.9 Å². The Kier molecular flexibility index (Phi) is 8.01. The van der Waals surface area contributed by atoms with Gasteiger partial charge in [0.05, 0.1) is 12.6 Å². The second-order valence-corrected chi connectivity index (χ2v) is 8.41. The first kappa shape index (κ1) is 23.2. The zero-order valence-electron chi connectivity index (χ0n) is 17.8. The molecule has 1 aromatic carbocycles. The molecule has 0 bridgehead atoms. The molecule has 1 fully saturated rings. The molecule has 1 aliphatic rings. The molecule has 166 valence electrons. The lowest BCUT2D eigenvalue weighted by Crippen LogP contribution is -2.52. The van der Waals surface area contributed by atoms with Gasteiger partial charge in [0.25, 0.3) is 0 Å². The maximum absolute atomic E-state index is 13.4. The third-order valence-corrected chi connectivity index (χ3v) is 5.91. The van der Waals surface area contributed by atoms with E-state index in [9.17, 15) is 9.59 Å². The number of carbonyl (C=O) groups excluding carboxylic acids is 2. The van der Waals surface area contributed by atoms with E-state index >= 15 is 0 Å². The molecule has 0 spiro atoms. The molecule has 31 heavy (non-hydrogen) atoms. The number of nitrogens with two attached hydrogens (primary N) is 2. The summed E-state index contributed by atoms with van der Waals surface area (Å²) in [6.45, 7) is 3.19. The molecular formula is C23H30ClN5O2. The molecule has 8 heteroatoms. The minimum Gasteiger partial charge on any atom is -0.330 e. The lowest BCUT2D eigenvalue weighted by atomic mass is 10.0. The minimum absolute atomic E-state index is 0.0812. The normalized spacial score (nSPS) is 16.9. The molecule has 1 aromatic heterocycles. The van der Waals surface area contributed by atoms with E-state index in [2.05, 4.69) is 4.98 Å². The van der Waals surface area contributed by atoms with Gasteiger partial charge in [-0.2, -0.15) is 0 Å². The average Bonchev–Trinajstić information content (AvgIpc) is 3.19. The van der Waals surface area contributed by atoms with E-state index in [1.165, 1.54) is 4.90 Å². The monoisotopic (exact) mass is 443 g/mol. The fourth-order valence-corrected chi connectivity index (χ4v) is 4.15. The molecule has 3 rings (SSSR count). The summed E-state index contributed by atoms with van der Waals surface area (Å²) in [7, 11) is 0. The zero-order chi connectivity index (χ0) is 22.4. The molecule has 7 nitrogen and oxygen atoms in total. The van der Waals surface area contributed by atoms with Gasteiger partial charge in [0.1, 0.15) is 0 Å². The molecule has 1 aliphatic heterocycles. The fraction of sp³-hybridized carbons (Fsp3) is 0.435. The van der Waals surface area contributed by atoms with E-state index in [0.29, 0.717) is 30.2 Å². The van der Waals surface area contributed by atoms with Crippen molar-refractivity contribution in [1.29, 1.82) is 0 Å². The average molecular weight is 444 g/mol. The number of amides is 3. The van der Waals surface area contributed by atoms with E-state index in [-0.39, 0.29) is 25.0 Å². The largest absolute Gasteiger partial charge is 0.330 e. The van der Waals surface area contributed by atoms with Gasteiger partial charge in [-0.05, 0) is 68.1 Å². The van der Waals surface area contributed by atoms with Crippen LogP contribution in [0.2, 0.25) is 5.02 Å². The van der Waals surface area contributed by atoms with Gasteiger partial charge in [-0.1, -0.05) is 23.7 Å². The van der Waals surface area contributed by atoms with Gasteiger partial charge in [0.15, 0.2) is 0 Å². The van der Waals surface area contributed by atoms with Gasteiger partial charge < -0.3 is 16.4 Å². The quantitative estimate of drug-likeness (QED) is 0.684. The smallest absolute Gasteiger partial charge is 0.327 e. The van der Waals surface area contributed by atoms with Crippen LogP contribution in [0.15, 0.2) is 42.6 Å². The van der Waals surface area contributed by atoms with Gasteiger partial charge in [0.2, 0.25) is 5.91 Å². The molecule has 0 unspecified atom stereocenters. The van der Waals surface area contributed by atoms with Crippen molar-refractivity contribution in [2.45, 2.75) is 51.2 Å². The summed E-state index contributed by atoms with van der Waals surface area (Å²) in [5.41, 5.74) is 14.5. The van der Waals surface area contributed by atoms with Gasteiger partial charge in [0, 0.05) is 35.9 Å². The van der Waals surface area contributed by atoms with E-state index in [4.69, 9.17) is 23.1 Å². The second-order valence-electron chi connectivity index (χ2n) is 7.98. The van der Waals surface area contributed by atoms with Gasteiger partial charge in [-0.25, -0.2) is 4.79 Å². The number of carbonyl (C=O) groups is 2. The highest BCUT2D eigenvalue weighted by atomic mass is 35.5. The first-order valence-corrected chi connectivity index (χ1v) is 11.0. The summed E-state index contributed by atoms with van der Waals surface area (Å²) in [5.74, 6) is -0.423. The molecular weight excluding hydrogens is 414 g/mol. The Morgan fingerprint density at radius 1 is 1.29 bits per heavy atom. The third-order valence-electron chi connectivity index (χ3n) is 5.68. The van der Waals surface area contributed by atoms with Crippen LogP contribution in [0.1, 0.15) is 36.6 Å². The summed E-state index contributed by atoms with van der Waals surface area (Å²) >= 11 is 6.22. The SMILES string of the molecule is C[C@@H]1CCCN1C(=O)N(Cc1cc(Cl)ccc1CCN)C(=O)[C@H](N)Cc1ccccn1. The van der Waals surface area contributed by atoms with E-state index in [1.54, 1.807) is 29.3 Å². The fourth-order valence-electron chi connectivity index (χ4n) is 3.96. The van der Waals surface area contributed by atoms with E-state index in [0.717, 1.165) is 24.0 Å². The highest BCUT2D eigenvalue weighted by Crippen LogP contribution is 2.23. The highest BCUT2D eigenvalue weighted by molar-refractivity contribution is 6.30. The van der Waals surface area contributed by atoms with Crippen molar-refractivity contribution in [3.8, 4) is 0 Å². The summed E-state index contributed by atoms with van der Waals surface area (Å²) in [6, 6.07) is 9.83. The number of imide groups is 1. The van der Waals surface area contributed by atoms with Gasteiger partial charge >= 0.3 is 6.03 Å². The molecule has 3 amide bonds. The Labute approximate surface area is 188 Å². The number of halogens is 1. The molecule has 2 heterocycles.